The zero-order valence-electron chi connectivity index (χ0n) is 26.9. The number of carboxylic acids is 1. The van der Waals surface area contributed by atoms with Gasteiger partial charge in [0.1, 0.15) is 17.3 Å². The second kappa shape index (κ2) is 15.3. The molecule has 1 atom stereocenters. The van der Waals surface area contributed by atoms with E-state index < -0.39 is 41.5 Å². The van der Waals surface area contributed by atoms with Crippen molar-refractivity contribution in [2.24, 2.45) is 0 Å². The third-order valence-electron chi connectivity index (χ3n) is 7.17. The van der Waals surface area contributed by atoms with Crippen LogP contribution >= 0.6 is 0 Å². The van der Waals surface area contributed by atoms with Crippen LogP contribution in [0.5, 0.6) is 0 Å². The van der Waals surface area contributed by atoms with Crippen LogP contribution in [0.15, 0.2) is 60.7 Å². The topological polar surface area (TPSA) is 168 Å². The molecule has 13 heteroatoms. The normalized spacial score (nSPS) is 13.8. The zero-order chi connectivity index (χ0) is 34.1. The highest BCUT2D eigenvalue weighted by Gasteiger charge is 2.32. The molecule has 248 valence electrons. The molecule has 0 saturated carbocycles. The van der Waals surface area contributed by atoms with Gasteiger partial charge in [0.15, 0.2) is 5.82 Å². The molecule has 1 aliphatic rings. The van der Waals surface area contributed by atoms with Gasteiger partial charge in [-0.15, -0.1) is 0 Å². The highest BCUT2D eigenvalue weighted by molar-refractivity contribution is 5.97. The van der Waals surface area contributed by atoms with Crippen LogP contribution in [0, 0.1) is 0 Å². The Morgan fingerprint density at radius 3 is 2.19 bits per heavy atom. The maximum absolute atomic E-state index is 13.8. The number of rotatable bonds is 10. The molecule has 2 N–H and O–H groups in total. The molecule has 4 rings (SSSR count). The molecular weight excluding hydrogens is 606 g/mol. The van der Waals surface area contributed by atoms with Gasteiger partial charge in [-0.3, -0.25) is 14.4 Å². The second-order valence-corrected chi connectivity index (χ2v) is 11.9. The van der Waals surface area contributed by atoms with Gasteiger partial charge in [-0.05, 0) is 52.3 Å². The molecule has 0 aliphatic carbocycles. The summed E-state index contributed by atoms with van der Waals surface area (Å²) in [6, 6.07) is 15.4. The van der Waals surface area contributed by atoms with Crippen LogP contribution in [-0.2, 0) is 19.1 Å². The van der Waals surface area contributed by atoms with Gasteiger partial charge in [0.25, 0.3) is 5.91 Å². The first-order valence-corrected chi connectivity index (χ1v) is 15.4. The third kappa shape index (κ3) is 9.58. The zero-order valence-corrected chi connectivity index (χ0v) is 26.9. The largest absolute Gasteiger partial charge is 0.478 e. The van der Waals surface area contributed by atoms with Crippen LogP contribution in [0.1, 0.15) is 61.4 Å². The van der Waals surface area contributed by atoms with Crippen molar-refractivity contribution in [3.63, 3.8) is 0 Å². The van der Waals surface area contributed by atoms with Gasteiger partial charge in [0.2, 0.25) is 5.91 Å². The molecule has 0 unspecified atom stereocenters. The molecule has 1 fully saturated rings. The number of nitrogens with one attached hydrogen (secondary N) is 1. The lowest BCUT2D eigenvalue weighted by molar-refractivity contribution is -0.155. The lowest BCUT2D eigenvalue weighted by atomic mass is 10.1. The van der Waals surface area contributed by atoms with Gasteiger partial charge < -0.3 is 29.7 Å². The van der Waals surface area contributed by atoms with Crippen LogP contribution in [0.25, 0.3) is 22.6 Å². The third-order valence-corrected chi connectivity index (χ3v) is 7.17. The van der Waals surface area contributed by atoms with E-state index >= 15 is 0 Å². The minimum absolute atomic E-state index is 0.0400. The number of carbonyl (C=O) groups excluding carboxylic acids is 4. The van der Waals surface area contributed by atoms with Crippen molar-refractivity contribution in [2.45, 2.75) is 52.2 Å². The van der Waals surface area contributed by atoms with Crippen LogP contribution in [0.3, 0.4) is 0 Å². The summed E-state index contributed by atoms with van der Waals surface area (Å²) < 4.78 is 10.5. The number of hydrogen-bond acceptors (Lipinski definition) is 9. The van der Waals surface area contributed by atoms with E-state index in [0.717, 1.165) is 0 Å². The molecule has 3 aromatic rings. The standard InChI is InChI=1S/C34H39N5O8/c1-5-46-33(45)39-18-16-38(17-19-39)31(42)25(14-15-28(40)47-34(2,3)4)37-30(41)27-21-26(23-12-9-13-24(20-23)32(43)44)35-29(36-27)22-10-7-6-8-11-22/h6-13,20-21,25H,5,14-19H2,1-4H3,(H,37,41)(H,43,44)/t25-/m0/s1. The number of aromatic nitrogens is 2. The average molecular weight is 646 g/mol. The van der Waals surface area contributed by atoms with Gasteiger partial charge in [-0.1, -0.05) is 42.5 Å². The van der Waals surface area contributed by atoms with Crippen LogP contribution in [-0.4, -0.2) is 99.1 Å². The summed E-state index contributed by atoms with van der Waals surface area (Å²) in [4.78, 5) is 76.1. The van der Waals surface area contributed by atoms with E-state index in [4.69, 9.17) is 9.47 Å². The Hall–Kier alpha value is -5.33. The van der Waals surface area contributed by atoms with Gasteiger partial charge in [0.05, 0.1) is 17.9 Å². The Bertz CT molecular complexity index is 1610. The lowest BCUT2D eigenvalue weighted by Gasteiger charge is -2.36. The Morgan fingerprint density at radius 1 is 0.894 bits per heavy atom. The lowest BCUT2D eigenvalue weighted by Crippen LogP contribution is -2.56. The molecule has 3 amide bonds. The fourth-order valence-electron chi connectivity index (χ4n) is 4.93. The smallest absolute Gasteiger partial charge is 0.409 e. The summed E-state index contributed by atoms with van der Waals surface area (Å²) in [6.45, 7) is 8.10. The number of aromatic carboxylic acids is 1. The predicted octanol–water partition coefficient (Wildman–Crippen LogP) is 4.03. The number of piperazine rings is 1. The summed E-state index contributed by atoms with van der Waals surface area (Å²) >= 11 is 0. The number of esters is 1. The molecule has 2 aromatic carbocycles. The summed E-state index contributed by atoms with van der Waals surface area (Å²) in [5.41, 5.74) is 0.636. The number of hydrogen-bond donors (Lipinski definition) is 2. The number of ether oxygens (including phenoxy) is 2. The highest BCUT2D eigenvalue weighted by Crippen LogP contribution is 2.24. The van der Waals surface area contributed by atoms with E-state index in [1.807, 2.05) is 6.07 Å². The highest BCUT2D eigenvalue weighted by atomic mass is 16.6. The summed E-state index contributed by atoms with van der Waals surface area (Å²) in [7, 11) is 0. The first-order chi connectivity index (χ1) is 22.3. The van der Waals surface area contributed by atoms with E-state index in [1.54, 1.807) is 64.1 Å². The molecular formula is C34H39N5O8. The van der Waals surface area contributed by atoms with Gasteiger partial charge in [-0.2, -0.15) is 0 Å². The summed E-state index contributed by atoms with van der Waals surface area (Å²) in [5.74, 6) is -2.52. The molecule has 1 saturated heterocycles. The Labute approximate surface area is 272 Å². The Morgan fingerprint density at radius 2 is 1.55 bits per heavy atom. The Kier molecular flexibility index (Phi) is 11.2. The average Bonchev–Trinajstić information content (AvgIpc) is 3.05. The van der Waals surface area contributed by atoms with E-state index in [9.17, 15) is 29.1 Å². The van der Waals surface area contributed by atoms with Crippen molar-refractivity contribution in [1.82, 2.24) is 25.1 Å². The molecule has 0 spiro atoms. The monoisotopic (exact) mass is 645 g/mol. The van der Waals surface area contributed by atoms with Crippen molar-refractivity contribution >= 4 is 29.8 Å². The second-order valence-electron chi connectivity index (χ2n) is 11.9. The Balaban J connectivity index is 1.63. The van der Waals surface area contributed by atoms with Crippen LogP contribution in [0.2, 0.25) is 0 Å². The van der Waals surface area contributed by atoms with Crippen molar-refractivity contribution in [3.05, 3.63) is 71.9 Å². The maximum atomic E-state index is 13.8. The van der Waals surface area contributed by atoms with Crippen molar-refractivity contribution in [3.8, 4) is 22.6 Å². The van der Waals surface area contributed by atoms with Crippen molar-refractivity contribution in [1.29, 1.82) is 0 Å². The van der Waals surface area contributed by atoms with Gasteiger partial charge in [-0.25, -0.2) is 19.6 Å². The molecule has 1 aromatic heterocycles. The van der Waals surface area contributed by atoms with Gasteiger partial charge >= 0.3 is 18.0 Å². The quantitative estimate of drug-likeness (QED) is 0.307. The van der Waals surface area contributed by atoms with Gasteiger partial charge in [0, 0.05) is 43.7 Å². The first-order valence-electron chi connectivity index (χ1n) is 15.4. The van der Waals surface area contributed by atoms with E-state index in [2.05, 4.69) is 15.3 Å². The fourth-order valence-corrected chi connectivity index (χ4v) is 4.93. The first kappa shape index (κ1) is 34.5. The number of carbonyl (C=O) groups is 5. The molecule has 2 heterocycles. The summed E-state index contributed by atoms with van der Waals surface area (Å²) in [5, 5.41) is 12.3. The molecule has 0 radical (unpaired) electrons. The number of benzene rings is 2. The maximum Gasteiger partial charge on any atom is 0.409 e. The number of amides is 3. The molecule has 13 nitrogen and oxygen atoms in total. The minimum atomic E-state index is -1.11. The fraction of sp³-hybridized carbons (Fsp3) is 0.382. The molecule has 47 heavy (non-hydrogen) atoms. The van der Waals surface area contributed by atoms with Crippen LogP contribution < -0.4 is 5.32 Å². The van der Waals surface area contributed by atoms with E-state index in [0.29, 0.717) is 16.8 Å². The number of carboxylic acid groups (broad SMARTS) is 1. The number of nitrogens with zero attached hydrogens (tertiary/aromatic N) is 4. The molecule has 1 aliphatic heterocycles. The summed E-state index contributed by atoms with van der Waals surface area (Å²) in [6.07, 6.45) is -0.637. The van der Waals surface area contributed by atoms with E-state index in [-0.39, 0.29) is 62.7 Å². The SMILES string of the molecule is CCOC(=O)N1CCN(C(=O)[C@H](CCC(=O)OC(C)(C)C)NC(=O)c2cc(-c3cccc(C(=O)O)c3)nc(-c3ccccc3)n2)CC1. The van der Waals surface area contributed by atoms with E-state index in [1.165, 1.54) is 28.0 Å². The van der Waals surface area contributed by atoms with Crippen molar-refractivity contribution < 1.29 is 38.6 Å². The molecule has 0 bridgehead atoms. The van der Waals surface area contributed by atoms with Crippen molar-refractivity contribution in [2.75, 3.05) is 32.8 Å². The van der Waals surface area contributed by atoms with Crippen LogP contribution in [0.4, 0.5) is 4.79 Å². The minimum Gasteiger partial charge on any atom is -0.478 e. The predicted molar refractivity (Wildman–Crippen MR) is 171 cm³/mol.